The van der Waals surface area contributed by atoms with Gasteiger partial charge in [0.2, 0.25) is 11.8 Å². The lowest BCUT2D eigenvalue weighted by Gasteiger charge is -2.34. The summed E-state index contributed by atoms with van der Waals surface area (Å²) in [4.78, 5) is 33.8. The highest BCUT2D eigenvalue weighted by atomic mass is 16.5. The predicted octanol–water partition coefficient (Wildman–Crippen LogP) is 3.43. The van der Waals surface area contributed by atoms with Crippen molar-refractivity contribution >= 4 is 22.9 Å². The van der Waals surface area contributed by atoms with E-state index in [4.69, 9.17) is 4.74 Å². The third kappa shape index (κ3) is 3.06. The molecule has 2 aromatic heterocycles. The lowest BCUT2D eigenvalue weighted by molar-refractivity contribution is -0.134. The summed E-state index contributed by atoms with van der Waals surface area (Å²) in [6, 6.07) is 6.97. The molecule has 1 aromatic carbocycles. The summed E-state index contributed by atoms with van der Waals surface area (Å²) in [7, 11) is 0. The van der Waals surface area contributed by atoms with Crippen molar-refractivity contribution in [3.05, 3.63) is 48.0 Å². The average molecular weight is 380 g/mol. The van der Waals surface area contributed by atoms with Gasteiger partial charge in [0, 0.05) is 29.6 Å². The number of carboxylic acid groups (broad SMARTS) is 1. The van der Waals surface area contributed by atoms with Gasteiger partial charge in [-0.2, -0.15) is 0 Å². The number of carbonyl (C=O) groups excluding carboxylic acids is 1. The molecule has 1 N–H and O–H groups in total. The maximum atomic E-state index is 12.1. The van der Waals surface area contributed by atoms with Crippen molar-refractivity contribution in [1.29, 1.82) is 0 Å². The van der Waals surface area contributed by atoms with Crippen LogP contribution in [0.15, 0.2) is 36.8 Å². The Balaban J connectivity index is 1.64. The number of carbonyl (C=O) groups is 2. The number of fused-ring (bicyclic) bond motifs is 2. The average Bonchev–Trinajstić information content (AvgIpc) is 3.11. The van der Waals surface area contributed by atoms with Gasteiger partial charge in [-0.15, -0.1) is 0 Å². The number of benzene rings is 1. The molecule has 3 aromatic rings. The number of hydrogen-bond donors (Lipinski definition) is 1. The number of nitrogens with zero attached hydrogens (tertiary/aromatic N) is 4. The van der Waals surface area contributed by atoms with E-state index >= 15 is 0 Å². The SMILES string of the molecule is CCC(=O)N1Cc2ncnc(Oc3ccc4c(ccn4C(=O)O)c3)c2C[C@@H]1C. The molecule has 0 fully saturated rings. The zero-order valence-electron chi connectivity index (χ0n) is 15.6. The van der Waals surface area contributed by atoms with Gasteiger partial charge in [0.25, 0.3) is 0 Å². The van der Waals surface area contributed by atoms with E-state index in [1.165, 1.54) is 12.5 Å². The fraction of sp³-hybridized carbons (Fsp3) is 0.300. The molecule has 0 saturated carbocycles. The molecule has 8 heteroatoms. The van der Waals surface area contributed by atoms with Gasteiger partial charge in [0.05, 0.1) is 17.8 Å². The standard InChI is InChI=1S/C20H20N4O4/c1-3-18(25)24-10-16-15(8-12(24)2)19(22-11-21-16)28-14-4-5-17-13(9-14)6-7-23(17)20(26)27/h4-7,9,11-12H,3,8,10H2,1-2H3,(H,26,27)/t12-/m0/s1. The summed E-state index contributed by atoms with van der Waals surface area (Å²) < 4.78 is 7.17. The van der Waals surface area contributed by atoms with Crippen LogP contribution >= 0.6 is 0 Å². The van der Waals surface area contributed by atoms with Crippen LogP contribution in [0.3, 0.4) is 0 Å². The third-order valence-corrected chi connectivity index (χ3v) is 5.05. The molecule has 0 spiro atoms. The molecule has 144 valence electrons. The fourth-order valence-corrected chi connectivity index (χ4v) is 3.58. The van der Waals surface area contributed by atoms with Crippen LogP contribution in [0.1, 0.15) is 31.5 Å². The first-order valence-corrected chi connectivity index (χ1v) is 9.12. The second-order valence-electron chi connectivity index (χ2n) is 6.82. The molecule has 1 atom stereocenters. The molecule has 28 heavy (non-hydrogen) atoms. The smallest absolute Gasteiger partial charge is 0.415 e. The molecular formula is C20H20N4O4. The van der Waals surface area contributed by atoms with E-state index in [0.29, 0.717) is 36.5 Å². The Hall–Kier alpha value is -3.42. The molecule has 1 aliphatic rings. The molecule has 0 unspecified atom stereocenters. The zero-order chi connectivity index (χ0) is 19.8. The topological polar surface area (TPSA) is 97.6 Å². The van der Waals surface area contributed by atoms with E-state index in [0.717, 1.165) is 21.2 Å². The molecule has 1 aliphatic heterocycles. The molecular weight excluding hydrogens is 360 g/mol. The first-order valence-electron chi connectivity index (χ1n) is 9.12. The quantitative estimate of drug-likeness (QED) is 0.748. The molecule has 0 saturated heterocycles. The van der Waals surface area contributed by atoms with E-state index < -0.39 is 6.09 Å². The maximum Gasteiger partial charge on any atom is 0.415 e. The summed E-state index contributed by atoms with van der Waals surface area (Å²) in [6.45, 7) is 4.31. The van der Waals surface area contributed by atoms with Gasteiger partial charge in [-0.05, 0) is 37.6 Å². The Morgan fingerprint density at radius 2 is 2.11 bits per heavy atom. The van der Waals surface area contributed by atoms with Crippen LogP contribution in [-0.2, 0) is 17.8 Å². The van der Waals surface area contributed by atoms with Crippen molar-refractivity contribution in [1.82, 2.24) is 19.4 Å². The van der Waals surface area contributed by atoms with Crippen LogP contribution in [0.25, 0.3) is 10.9 Å². The Labute approximate surface area is 161 Å². The first-order chi connectivity index (χ1) is 13.5. The van der Waals surface area contributed by atoms with Gasteiger partial charge in [0.15, 0.2) is 0 Å². The summed E-state index contributed by atoms with van der Waals surface area (Å²) >= 11 is 0. The third-order valence-electron chi connectivity index (χ3n) is 5.05. The van der Waals surface area contributed by atoms with Gasteiger partial charge >= 0.3 is 6.09 Å². The minimum Gasteiger partial charge on any atom is -0.464 e. The van der Waals surface area contributed by atoms with E-state index in [2.05, 4.69) is 9.97 Å². The largest absolute Gasteiger partial charge is 0.464 e. The number of rotatable bonds is 3. The van der Waals surface area contributed by atoms with Gasteiger partial charge in [-0.25, -0.2) is 14.8 Å². The van der Waals surface area contributed by atoms with Gasteiger partial charge in [-0.3, -0.25) is 9.36 Å². The molecule has 0 radical (unpaired) electrons. The van der Waals surface area contributed by atoms with Crippen LogP contribution in [0, 0.1) is 0 Å². The molecule has 0 aliphatic carbocycles. The van der Waals surface area contributed by atoms with Crippen molar-refractivity contribution in [2.45, 2.75) is 39.3 Å². The van der Waals surface area contributed by atoms with E-state index in [1.54, 1.807) is 24.3 Å². The highest BCUT2D eigenvalue weighted by molar-refractivity contribution is 5.89. The normalized spacial score (nSPS) is 16.1. The Kier molecular flexibility index (Phi) is 4.46. The summed E-state index contributed by atoms with van der Waals surface area (Å²) in [5, 5.41) is 9.96. The molecule has 0 bridgehead atoms. The van der Waals surface area contributed by atoms with Gasteiger partial charge in [-0.1, -0.05) is 6.92 Å². The first kappa shape index (κ1) is 18.0. The summed E-state index contributed by atoms with van der Waals surface area (Å²) in [5.41, 5.74) is 2.29. The lowest BCUT2D eigenvalue weighted by atomic mass is 9.99. The Morgan fingerprint density at radius 3 is 2.86 bits per heavy atom. The maximum absolute atomic E-state index is 12.1. The minimum atomic E-state index is -1.03. The van der Waals surface area contributed by atoms with Crippen LogP contribution in [0.4, 0.5) is 4.79 Å². The van der Waals surface area contributed by atoms with Crippen molar-refractivity contribution < 1.29 is 19.4 Å². The monoisotopic (exact) mass is 380 g/mol. The fourth-order valence-electron chi connectivity index (χ4n) is 3.58. The van der Waals surface area contributed by atoms with E-state index in [1.807, 2.05) is 18.7 Å². The molecule has 3 heterocycles. The number of hydrogen-bond acceptors (Lipinski definition) is 5. The van der Waals surface area contributed by atoms with E-state index in [9.17, 15) is 14.7 Å². The van der Waals surface area contributed by atoms with Crippen LogP contribution in [-0.4, -0.2) is 42.6 Å². The second kappa shape index (κ2) is 6.95. The minimum absolute atomic E-state index is 0.0420. The van der Waals surface area contributed by atoms with Crippen LogP contribution in [0.2, 0.25) is 0 Å². The van der Waals surface area contributed by atoms with Crippen LogP contribution < -0.4 is 4.74 Å². The lowest BCUT2D eigenvalue weighted by Crippen LogP contribution is -2.42. The molecule has 8 nitrogen and oxygen atoms in total. The Bertz CT molecular complexity index is 1080. The number of aromatic nitrogens is 3. The predicted molar refractivity (Wildman–Crippen MR) is 101 cm³/mol. The summed E-state index contributed by atoms with van der Waals surface area (Å²) in [6.07, 6.45) is 3.00. The van der Waals surface area contributed by atoms with Crippen molar-refractivity contribution in [3.8, 4) is 11.6 Å². The number of amides is 1. The molecule has 1 amide bonds. The van der Waals surface area contributed by atoms with Gasteiger partial charge < -0.3 is 14.7 Å². The van der Waals surface area contributed by atoms with Crippen LogP contribution in [0.5, 0.6) is 11.6 Å². The highest BCUT2D eigenvalue weighted by Gasteiger charge is 2.29. The Morgan fingerprint density at radius 1 is 1.29 bits per heavy atom. The van der Waals surface area contributed by atoms with Crippen molar-refractivity contribution in [2.24, 2.45) is 0 Å². The molecule has 4 rings (SSSR count). The highest BCUT2D eigenvalue weighted by Crippen LogP contribution is 2.32. The zero-order valence-corrected chi connectivity index (χ0v) is 15.6. The van der Waals surface area contributed by atoms with Gasteiger partial charge in [0.1, 0.15) is 12.1 Å². The number of ether oxygens (including phenoxy) is 1. The van der Waals surface area contributed by atoms with Crippen molar-refractivity contribution in [3.63, 3.8) is 0 Å². The van der Waals surface area contributed by atoms with E-state index in [-0.39, 0.29) is 11.9 Å². The van der Waals surface area contributed by atoms with Crippen molar-refractivity contribution in [2.75, 3.05) is 0 Å². The summed E-state index contributed by atoms with van der Waals surface area (Å²) in [5.74, 6) is 1.14. The second-order valence-corrected chi connectivity index (χ2v) is 6.82.